The summed E-state index contributed by atoms with van der Waals surface area (Å²) in [4.78, 5) is 11.0. The maximum atomic E-state index is 11.0. The highest BCUT2D eigenvalue weighted by atomic mass is 16.1. The van der Waals surface area contributed by atoms with Gasteiger partial charge >= 0.3 is 0 Å². The molecule has 1 unspecified atom stereocenters. The van der Waals surface area contributed by atoms with Crippen molar-refractivity contribution in [1.82, 2.24) is 5.32 Å². The number of nitrogens with two attached hydrogens (primary N) is 1. The van der Waals surface area contributed by atoms with Crippen LogP contribution in [0.4, 0.5) is 0 Å². The van der Waals surface area contributed by atoms with Gasteiger partial charge in [-0.2, -0.15) is 0 Å². The van der Waals surface area contributed by atoms with Crippen LogP contribution < -0.4 is 11.1 Å². The first-order chi connectivity index (χ1) is 5.20. The third-order valence-corrected chi connectivity index (χ3v) is 1.35. The van der Waals surface area contributed by atoms with Crippen LogP contribution in [0.1, 0.15) is 19.8 Å². The smallest absolute Gasteiger partial charge is 0.220 e. The number of rotatable bonds is 5. The molecule has 0 aromatic carbocycles. The van der Waals surface area contributed by atoms with Crippen LogP contribution in [0.3, 0.4) is 0 Å². The van der Waals surface area contributed by atoms with Crippen molar-refractivity contribution in [3.8, 4) is 0 Å². The van der Waals surface area contributed by atoms with Gasteiger partial charge in [0, 0.05) is 12.5 Å². The first-order valence-corrected chi connectivity index (χ1v) is 3.82. The van der Waals surface area contributed by atoms with Crippen LogP contribution >= 0.6 is 0 Å². The summed E-state index contributed by atoms with van der Waals surface area (Å²) < 4.78 is 0. The molecule has 0 fully saturated rings. The van der Waals surface area contributed by atoms with Gasteiger partial charge in [0.15, 0.2) is 0 Å². The Labute approximate surface area is 67.7 Å². The molecule has 0 spiro atoms. The highest BCUT2D eigenvalue weighted by Crippen LogP contribution is 1.88. The van der Waals surface area contributed by atoms with E-state index >= 15 is 0 Å². The molecule has 1 amide bonds. The van der Waals surface area contributed by atoms with Crippen LogP contribution in [0.25, 0.3) is 0 Å². The summed E-state index contributed by atoms with van der Waals surface area (Å²) in [5.41, 5.74) is 5.24. The molecule has 0 aliphatic carbocycles. The molecule has 1 atom stereocenters. The van der Waals surface area contributed by atoms with E-state index in [0.717, 1.165) is 6.42 Å². The van der Waals surface area contributed by atoms with E-state index in [4.69, 9.17) is 5.73 Å². The van der Waals surface area contributed by atoms with Crippen molar-refractivity contribution in [3.05, 3.63) is 12.7 Å². The molecule has 0 rings (SSSR count). The van der Waals surface area contributed by atoms with Gasteiger partial charge in [0.25, 0.3) is 0 Å². The quantitative estimate of drug-likeness (QED) is 0.567. The molecule has 3 nitrogen and oxygen atoms in total. The molecule has 0 aliphatic rings. The highest BCUT2D eigenvalue weighted by Gasteiger charge is 2.01. The lowest BCUT2D eigenvalue weighted by atomic mass is 10.2. The minimum Gasteiger partial charge on any atom is -0.350 e. The van der Waals surface area contributed by atoms with Gasteiger partial charge in [0.2, 0.25) is 5.91 Å². The van der Waals surface area contributed by atoms with Gasteiger partial charge in [0.05, 0.1) is 0 Å². The van der Waals surface area contributed by atoms with E-state index in [1.54, 1.807) is 6.08 Å². The average molecular weight is 156 g/mol. The van der Waals surface area contributed by atoms with Crippen LogP contribution in [0, 0.1) is 0 Å². The Morgan fingerprint density at radius 2 is 2.45 bits per heavy atom. The van der Waals surface area contributed by atoms with Crippen molar-refractivity contribution in [2.24, 2.45) is 5.73 Å². The van der Waals surface area contributed by atoms with E-state index in [0.29, 0.717) is 13.0 Å². The zero-order valence-electron chi connectivity index (χ0n) is 6.97. The predicted octanol–water partition coefficient (Wildman–Crippen LogP) is 0.416. The SMILES string of the molecule is C=CC(C)NC(=O)CCCN. The first-order valence-electron chi connectivity index (χ1n) is 3.82. The maximum Gasteiger partial charge on any atom is 0.220 e. The fraction of sp³-hybridized carbons (Fsp3) is 0.625. The molecule has 0 aliphatic heterocycles. The number of carbonyl (C=O) groups is 1. The number of hydrogen-bond donors (Lipinski definition) is 2. The van der Waals surface area contributed by atoms with Crippen LogP contribution in [-0.4, -0.2) is 18.5 Å². The molecule has 0 heterocycles. The van der Waals surface area contributed by atoms with Gasteiger partial charge in [-0.25, -0.2) is 0 Å². The lowest BCUT2D eigenvalue weighted by molar-refractivity contribution is -0.121. The van der Waals surface area contributed by atoms with Gasteiger partial charge in [-0.3, -0.25) is 4.79 Å². The van der Waals surface area contributed by atoms with Crippen molar-refractivity contribution in [2.75, 3.05) is 6.54 Å². The first kappa shape index (κ1) is 10.2. The molecular weight excluding hydrogens is 140 g/mol. The molecule has 64 valence electrons. The summed E-state index contributed by atoms with van der Waals surface area (Å²) in [7, 11) is 0. The molecule has 0 radical (unpaired) electrons. The highest BCUT2D eigenvalue weighted by molar-refractivity contribution is 5.76. The summed E-state index contributed by atoms with van der Waals surface area (Å²) in [6, 6.07) is 0.0558. The lowest BCUT2D eigenvalue weighted by Gasteiger charge is -2.07. The van der Waals surface area contributed by atoms with Crippen molar-refractivity contribution >= 4 is 5.91 Å². The second-order valence-corrected chi connectivity index (χ2v) is 2.48. The third kappa shape index (κ3) is 5.61. The molecule has 3 heteroatoms. The molecular formula is C8H16N2O. The van der Waals surface area contributed by atoms with Gasteiger partial charge in [-0.05, 0) is 19.9 Å². The van der Waals surface area contributed by atoms with Crippen molar-refractivity contribution in [2.45, 2.75) is 25.8 Å². The zero-order valence-corrected chi connectivity index (χ0v) is 6.97. The minimum atomic E-state index is 0.0443. The molecule has 0 aromatic heterocycles. The van der Waals surface area contributed by atoms with E-state index in [2.05, 4.69) is 11.9 Å². The largest absolute Gasteiger partial charge is 0.350 e. The average Bonchev–Trinajstić information content (AvgIpc) is 2.00. The molecule has 11 heavy (non-hydrogen) atoms. The summed E-state index contributed by atoms with van der Waals surface area (Å²) in [5.74, 6) is 0.0443. The summed E-state index contributed by atoms with van der Waals surface area (Å²) in [6.45, 7) is 6.00. The Balaban J connectivity index is 3.43. The Kier molecular flexibility index (Phi) is 5.47. The number of carbonyl (C=O) groups excluding carboxylic acids is 1. The molecule has 0 bridgehead atoms. The minimum absolute atomic E-state index is 0.0443. The third-order valence-electron chi connectivity index (χ3n) is 1.35. The van der Waals surface area contributed by atoms with Crippen LogP contribution in [0.2, 0.25) is 0 Å². The molecule has 0 saturated carbocycles. The number of amides is 1. The summed E-state index contributed by atoms with van der Waals surface area (Å²) in [6.07, 6.45) is 2.95. The normalized spacial score (nSPS) is 12.2. The lowest BCUT2D eigenvalue weighted by Crippen LogP contribution is -2.30. The topological polar surface area (TPSA) is 55.1 Å². The fourth-order valence-corrected chi connectivity index (χ4v) is 0.648. The van der Waals surface area contributed by atoms with E-state index in [1.165, 1.54) is 0 Å². The number of nitrogens with one attached hydrogen (secondary N) is 1. The van der Waals surface area contributed by atoms with Gasteiger partial charge < -0.3 is 11.1 Å². The molecule has 0 saturated heterocycles. The predicted molar refractivity (Wildman–Crippen MR) is 46.1 cm³/mol. The monoisotopic (exact) mass is 156 g/mol. The maximum absolute atomic E-state index is 11.0. The van der Waals surface area contributed by atoms with Crippen LogP contribution in [0.15, 0.2) is 12.7 Å². The van der Waals surface area contributed by atoms with Crippen molar-refractivity contribution in [3.63, 3.8) is 0 Å². The zero-order chi connectivity index (χ0) is 8.69. The van der Waals surface area contributed by atoms with Gasteiger partial charge in [0.1, 0.15) is 0 Å². The second-order valence-electron chi connectivity index (χ2n) is 2.48. The molecule has 3 N–H and O–H groups in total. The summed E-state index contributed by atoms with van der Waals surface area (Å²) in [5, 5.41) is 2.75. The van der Waals surface area contributed by atoms with Gasteiger partial charge in [-0.15, -0.1) is 6.58 Å². The number of hydrogen-bond acceptors (Lipinski definition) is 2. The Morgan fingerprint density at radius 1 is 1.82 bits per heavy atom. The Hall–Kier alpha value is -0.830. The van der Waals surface area contributed by atoms with Crippen molar-refractivity contribution < 1.29 is 4.79 Å². The van der Waals surface area contributed by atoms with Crippen molar-refractivity contribution in [1.29, 1.82) is 0 Å². The van der Waals surface area contributed by atoms with E-state index in [9.17, 15) is 4.79 Å². The van der Waals surface area contributed by atoms with Crippen LogP contribution in [-0.2, 0) is 4.79 Å². The van der Waals surface area contributed by atoms with Crippen LogP contribution in [0.5, 0.6) is 0 Å². The fourth-order valence-electron chi connectivity index (χ4n) is 0.648. The Bertz CT molecular complexity index is 134. The summed E-state index contributed by atoms with van der Waals surface area (Å²) >= 11 is 0. The second kappa shape index (κ2) is 5.92. The van der Waals surface area contributed by atoms with E-state index in [-0.39, 0.29) is 11.9 Å². The van der Waals surface area contributed by atoms with E-state index in [1.807, 2.05) is 6.92 Å². The van der Waals surface area contributed by atoms with E-state index < -0.39 is 0 Å². The molecule has 0 aromatic rings. The Morgan fingerprint density at radius 3 is 2.91 bits per heavy atom. The standard InChI is InChI=1S/C8H16N2O/c1-3-7(2)10-8(11)5-4-6-9/h3,7H,1,4-6,9H2,2H3,(H,10,11). The van der Waals surface area contributed by atoms with Gasteiger partial charge in [-0.1, -0.05) is 6.08 Å².